The highest BCUT2D eigenvalue weighted by Crippen LogP contribution is 2.14. The van der Waals surface area contributed by atoms with Gasteiger partial charge in [-0.3, -0.25) is 4.79 Å². The van der Waals surface area contributed by atoms with E-state index in [0.29, 0.717) is 12.4 Å². The molecule has 0 spiro atoms. The number of nitrogens with two attached hydrogens (primary N) is 2. The van der Waals surface area contributed by atoms with Crippen molar-refractivity contribution in [1.82, 2.24) is 9.97 Å². The number of aromatic amines is 1. The van der Waals surface area contributed by atoms with Crippen LogP contribution in [0.4, 0.5) is 11.5 Å². The first-order chi connectivity index (χ1) is 7.52. The molecule has 0 unspecified atom stereocenters. The van der Waals surface area contributed by atoms with Gasteiger partial charge in [-0.05, 0) is 12.8 Å². The summed E-state index contributed by atoms with van der Waals surface area (Å²) in [4.78, 5) is 17.6. The summed E-state index contributed by atoms with van der Waals surface area (Å²) in [5, 5.41) is 3.02. The first kappa shape index (κ1) is 12.5. The Bertz CT molecular complexity index is 396. The lowest BCUT2D eigenvalue weighted by Crippen LogP contribution is -2.45. The molecule has 0 atom stereocenters. The fourth-order valence-electron chi connectivity index (χ4n) is 1.31. The molecule has 6 heteroatoms. The molecule has 0 saturated heterocycles. The molecule has 1 heterocycles. The molecule has 0 aliphatic heterocycles. The van der Waals surface area contributed by atoms with Crippen LogP contribution < -0.4 is 22.3 Å². The van der Waals surface area contributed by atoms with E-state index in [1.807, 2.05) is 13.8 Å². The zero-order chi connectivity index (χ0) is 12.2. The Morgan fingerprint density at radius 2 is 2.12 bits per heavy atom. The van der Waals surface area contributed by atoms with Crippen molar-refractivity contribution in [2.75, 3.05) is 17.6 Å². The lowest BCUT2D eigenvalue weighted by Gasteiger charge is -2.27. The second kappa shape index (κ2) is 4.98. The van der Waals surface area contributed by atoms with E-state index in [9.17, 15) is 4.79 Å². The van der Waals surface area contributed by atoms with Crippen molar-refractivity contribution in [3.05, 3.63) is 16.7 Å². The van der Waals surface area contributed by atoms with Crippen LogP contribution in [-0.2, 0) is 0 Å². The Morgan fingerprint density at radius 3 is 2.69 bits per heavy atom. The molecule has 6 nitrogen and oxygen atoms in total. The van der Waals surface area contributed by atoms with Crippen LogP contribution in [0.1, 0.15) is 26.7 Å². The van der Waals surface area contributed by atoms with E-state index >= 15 is 0 Å². The standard InChI is InChI=1S/C10H19N5O/c1-3-10(12,4-2)5-13-8-7(11)9(16)15-6-14-8/h6H,3-5,11-12H2,1-2H3,(H2,13,14,15,16). The lowest BCUT2D eigenvalue weighted by molar-refractivity contribution is 0.418. The third-order valence-electron chi connectivity index (χ3n) is 2.91. The smallest absolute Gasteiger partial charge is 0.276 e. The van der Waals surface area contributed by atoms with Crippen LogP contribution in [0.2, 0.25) is 0 Å². The van der Waals surface area contributed by atoms with E-state index in [4.69, 9.17) is 11.5 Å². The largest absolute Gasteiger partial charge is 0.391 e. The van der Waals surface area contributed by atoms with Crippen molar-refractivity contribution in [2.45, 2.75) is 32.2 Å². The quantitative estimate of drug-likeness (QED) is 0.575. The van der Waals surface area contributed by atoms with Crippen LogP contribution in [-0.4, -0.2) is 22.1 Å². The number of aromatic nitrogens is 2. The zero-order valence-electron chi connectivity index (χ0n) is 9.71. The Balaban J connectivity index is 2.75. The minimum Gasteiger partial charge on any atom is -0.391 e. The predicted molar refractivity (Wildman–Crippen MR) is 65.3 cm³/mol. The molecule has 0 bridgehead atoms. The number of nitrogen functional groups attached to an aromatic ring is 1. The average Bonchev–Trinajstić information content (AvgIpc) is 2.31. The van der Waals surface area contributed by atoms with Crippen LogP contribution in [0.5, 0.6) is 0 Å². The van der Waals surface area contributed by atoms with Gasteiger partial charge in [0.2, 0.25) is 0 Å². The summed E-state index contributed by atoms with van der Waals surface area (Å²) in [6, 6.07) is 0. The molecule has 0 radical (unpaired) electrons. The normalized spacial score (nSPS) is 11.4. The molecule has 0 amide bonds. The number of anilines is 2. The zero-order valence-corrected chi connectivity index (χ0v) is 9.71. The maximum atomic E-state index is 11.2. The van der Waals surface area contributed by atoms with Gasteiger partial charge in [-0.1, -0.05) is 13.8 Å². The molecule has 1 rings (SSSR count). The van der Waals surface area contributed by atoms with Crippen LogP contribution >= 0.6 is 0 Å². The molecule has 0 aromatic carbocycles. The highest BCUT2D eigenvalue weighted by Gasteiger charge is 2.20. The molecular formula is C10H19N5O. The molecule has 1 aromatic heterocycles. The molecule has 0 saturated carbocycles. The lowest BCUT2D eigenvalue weighted by atomic mass is 9.94. The third kappa shape index (κ3) is 2.73. The van der Waals surface area contributed by atoms with Gasteiger partial charge in [-0.2, -0.15) is 0 Å². The first-order valence-corrected chi connectivity index (χ1v) is 5.38. The number of nitrogens with zero attached hydrogens (tertiary/aromatic N) is 1. The van der Waals surface area contributed by atoms with Gasteiger partial charge in [0.05, 0.1) is 6.33 Å². The summed E-state index contributed by atoms with van der Waals surface area (Å²) in [6.07, 6.45) is 3.01. The van der Waals surface area contributed by atoms with Crippen LogP contribution in [0.15, 0.2) is 11.1 Å². The molecule has 0 fully saturated rings. The topological polar surface area (TPSA) is 110 Å². The summed E-state index contributed by atoms with van der Waals surface area (Å²) < 4.78 is 0. The molecule has 6 N–H and O–H groups in total. The van der Waals surface area contributed by atoms with E-state index in [1.165, 1.54) is 6.33 Å². The van der Waals surface area contributed by atoms with E-state index in [0.717, 1.165) is 12.8 Å². The predicted octanol–water partition coefficient (Wildman–Crippen LogP) is 0.282. The van der Waals surface area contributed by atoms with Gasteiger partial charge in [0.15, 0.2) is 5.82 Å². The van der Waals surface area contributed by atoms with Crippen molar-refractivity contribution < 1.29 is 0 Å². The molecule has 16 heavy (non-hydrogen) atoms. The molecule has 0 aliphatic rings. The summed E-state index contributed by atoms with van der Waals surface area (Å²) in [5.41, 5.74) is 11.2. The highest BCUT2D eigenvalue weighted by atomic mass is 16.1. The third-order valence-corrected chi connectivity index (χ3v) is 2.91. The Morgan fingerprint density at radius 1 is 1.50 bits per heavy atom. The average molecular weight is 225 g/mol. The van der Waals surface area contributed by atoms with E-state index in [2.05, 4.69) is 15.3 Å². The highest BCUT2D eigenvalue weighted by molar-refractivity contribution is 5.59. The van der Waals surface area contributed by atoms with E-state index < -0.39 is 0 Å². The van der Waals surface area contributed by atoms with Crippen molar-refractivity contribution in [2.24, 2.45) is 5.73 Å². The summed E-state index contributed by atoms with van der Waals surface area (Å²) in [7, 11) is 0. The molecule has 1 aromatic rings. The minimum atomic E-state index is -0.340. The summed E-state index contributed by atoms with van der Waals surface area (Å²) in [6.45, 7) is 4.60. The maximum absolute atomic E-state index is 11.2. The number of nitrogens with one attached hydrogen (secondary N) is 2. The second-order valence-electron chi connectivity index (χ2n) is 3.92. The number of H-pyrrole nitrogens is 1. The van der Waals surface area contributed by atoms with Gasteiger partial charge in [0, 0.05) is 12.1 Å². The number of rotatable bonds is 5. The molecule has 90 valence electrons. The van der Waals surface area contributed by atoms with E-state index in [1.54, 1.807) is 0 Å². The second-order valence-corrected chi connectivity index (χ2v) is 3.92. The fourth-order valence-corrected chi connectivity index (χ4v) is 1.31. The first-order valence-electron chi connectivity index (χ1n) is 5.38. The van der Waals surface area contributed by atoms with Crippen LogP contribution in [0.25, 0.3) is 0 Å². The fraction of sp³-hybridized carbons (Fsp3) is 0.600. The van der Waals surface area contributed by atoms with Crippen LogP contribution in [0, 0.1) is 0 Å². The van der Waals surface area contributed by atoms with Crippen LogP contribution in [0.3, 0.4) is 0 Å². The minimum absolute atomic E-state index is 0.0945. The van der Waals surface area contributed by atoms with Gasteiger partial charge >= 0.3 is 0 Å². The monoisotopic (exact) mass is 225 g/mol. The van der Waals surface area contributed by atoms with E-state index in [-0.39, 0.29) is 16.8 Å². The number of hydrogen-bond acceptors (Lipinski definition) is 5. The van der Waals surface area contributed by atoms with Gasteiger partial charge < -0.3 is 21.8 Å². The molecular weight excluding hydrogens is 206 g/mol. The van der Waals surface area contributed by atoms with Crippen molar-refractivity contribution in [1.29, 1.82) is 0 Å². The number of hydrogen-bond donors (Lipinski definition) is 4. The summed E-state index contributed by atoms with van der Waals surface area (Å²) in [5.74, 6) is 0.389. The Hall–Kier alpha value is -1.56. The van der Waals surface area contributed by atoms with Gasteiger partial charge in [-0.25, -0.2) is 4.98 Å². The summed E-state index contributed by atoms with van der Waals surface area (Å²) >= 11 is 0. The maximum Gasteiger partial charge on any atom is 0.276 e. The Kier molecular flexibility index (Phi) is 3.89. The SMILES string of the molecule is CCC(N)(CC)CNc1nc[nH]c(=O)c1N. The molecule has 0 aliphatic carbocycles. The van der Waals surface area contributed by atoms with Gasteiger partial charge in [-0.15, -0.1) is 0 Å². The van der Waals surface area contributed by atoms with Crippen molar-refractivity contribution >= 4 is 11.5 Å². The van der Waals surface area contributed by atoms with Gasteiger partial charge in [0.1, 0.15) is 5.69 Å². The van der Waals surface area contributed by atoms with Gasteiger partial charge in [0.25, 0.3) is 5.56 Å². The Labute approximate surface area is 94.5 Å². The van der Waals surface area contributed by atoms with Crippen molar-refractivity contribution in [3.63, 3.8) is 0 Å². The van der Waals surface area contributed by atoms with Crippen molar-refractivity contribution in [3.8, 4) is 0 Å².